The molecule has 18 nitrogen and oxygen atoms in total. The highest BCUT2D eigenvalue weighted by molar-refractivity contribution is 5.96. The monoisotopic (exact) mass is 891 g/mol. The lowest BCUT2D eigenvalue weighted by Crippen LogP contribution is -2.59. The summed E-state index contributed by atoms with van der Waals surface area (Å²) in [6.07, 6.45) is 4.30. The molecule has 1 aliphatic rings. The minimum Gasteiger partial charge on any atom is -0.370 e. The van der Waals surface area contributed by atoms with Crippen molar-refractivity contribution < 1.29 is 33.6 Å². The van der Waals surface area contributed by atoms with Gasteiger partial charge in [-0.25, -0.2) is 0 Å². The van der Waals surface area contributed by atoms with E-state index in [1.165, 1.54) is 4.90 Å². The highest BCUT2D eigenvalue weighted by Gasteiger charge is 2.33. The maximum Gasteiger partial charge on any atom is 0.245 e. The van der Waals surface area contributed by atoms with Gasteiger partial charge in [0.15, 0.2) is 5.96 Å². The van der Waals surface area contributed by atoms with E-state index in [1.54, 1.807) is 30.5 Å². The fourth-order valence-corrected chi connectivity index (χ4v) is 7.70. The number of amides is 7. The summed E-state index contributed by atoms with van der Waals surface area (Å²) in [5.74, 6) is -4.14. The summed E-state index contributed by atoms with van der Waals surface area (Å²) in [7, 11) is 0. The molecule has 0 aliphatic carbocycles. The normalized spacial score (nSPS) is 20.3. The van der Waals surface area contributed by atoms with E-state index in [1.807, 2.05) is 60.7 Å². The number of aromatic nitrogens is 1. The molecular formula is C47H61N11O7. The van der Waals surface area contributed by atoms with E-state index in [0.717, 1.165) is 16.5 Å². The van der Waals surface area contributed by atoms with Gasteiger partial charge in [0.2, 0.25) is 41.4 Å². The molecule has 1 saturated heterocycles. The molecule has 3 aromatic carbocycles. The number of hydrogen-bond donors (Lipinski definition) is 9. The second kappa shape index (κ2) is 25.2. The molecule has 1 aromatic heterocycles. The number of para-hydroxylation sites is 1. The third-order valence-corrected chi connectivity index (χ3v) is 11.0. The first-order chi connectivity index (χ1) is 31.4. The lowest BCUT2D eigenvalue weighted by Gasteiger charge is -2.29. The van der Waals surface area contributed by atoms with Crippen LogP contribution in [0, 0.1) is 0 Å². The Morgan fingerprint density at radius 3 is 1.85 bits per heavy atom. The molecular weight excluding hydrogens is 831 g/mol. The molecule has 7 amide bonds. The zero-order valence-corrected chi connectivity index (χ0v) is 36.6. The van der Waals surface area contributed by atoms with Gasteiger partial charge in [-0.1, -0.05) is 85.3 Å². The first-order valence-electron chi connectivity index (χ1n) is 22.1. The molecule has 4 atom stereocenters. The van der Waals surface area contributed by atoms with Gasteiger partial charge in [-0.3, -0.25) is 38.6 Å². The van der Waals surface area contributed by atoms with Crippen LogP contribution in [0.25, 0.3) is 10.9 Å². The highest BCUT2D eigenvalue weighted by Crippen LogP contribution is 2.20. The molecule has 0 saturated carbocycles. The number of carbonyl (C=O) groups is 7. The molecule has 346 valence electrons. The van der Waals surface area contributed by atoms with Crippen LogP contribution in [0.1, 0.15) is 68.1 Å². The van der Waals surface area contributed by atoms with Crippen LogP contribution in [-0.2, 0) is 52.8 Å². The van der Waals surface area contributed by atoms with Crippen molar-refractivity contribution >= 4 is 58.2 Å². The van der Waals surface area contributed by atoms with Crippen LogP contribution in [0.15, 0.2) is 96.1 Å². The van der Waals surface area contributed by atoms with E-state index in [-0.39, 0.29) is 88.8 Å². The third kappa shape index (κ3) is 16.1. The smallest absolute Gasteiger partial charge is 0.245 e. The zero-order valence-electron chi connectivity index (χ0n) is 36.6. The first kappa shape index (κ1) is 48.8. The van der Waals surface area contributed by atoms with Crippen LogP contribution in [0.4, 0.5) is 0 Å². The standard InChI is InChI=1S/C47H61N11O7/c48-40(59)30-58-25-13-24-51-41(60)21-8-3-9-22-42(61)54-37(26-31-14-4-1-5-15-31)44(63)56-38(27-32-16-6-2-7-17-32)45(64)55-36(20-12-23-52-47(49)50)43(62)57-39(46(58)65)28-33-29-53-35-19-11-10-18-34(33)35/h1-2,4-7,10-11,14-19,29,36-39,53H,3,8-9,12-13,20-28,30H2,(H2,48,59)(H,51,60)(H,54,61)(H,55,64)(H,56,63)(H,57,62)(H4,49,50,52)/t36-,37-,38+,39-/m0/s1. The van der Waals surface area contributed by atoms with Crippen LogP contribution in [0.5, 0.6) is 0 Å². The molecule has 65 heavy (non-hydrogen) atoms. The van der Waals surface area contributed by atoms with Crippen LogP contribution in [-0.4, -0.2) is 108 Å². The molecule has 4 aromatic rings. The Hall–Kier alpha value is -7.24. The number of H-pyrrole nitrogens is 1. The lowest BCUT2D eigenvalue weighted by atomic mass is 10.0. The Labute approximate surface area is 378 Å². The Kier molecular flexibility index (Phi) is 18.9. The number of aliphatic imine (C=N–C) groups is 1. The second-order valence-electron chi connectivity index (χ2n) is 16.2. The molecule has 18 heteroatoms. The van der Waals surface area contributed by atoms with Crippen molar-refractivity contribution in [1.82, 2.24) is 36.5 Å². The quantitative estimate of drug-likeness (QED) is 0.0556. The van der Waals surface area contributed by atoms with Gasteiger partial charge >= 0.3 is 0 Å². The largest absolute Gasteiger partial charge is 0.370 e. The van der Waals surface area contributed by atoms with E-state index in [2.05, 4.69) is 36.6 Å². The van der Waals surface area contributed by atoms with Gasteiger partial charge in [0, 0.05) is 68.8 Å². The summed E-state index contributed by atoms with van der Waals surface area (Å²) < 4.78 is 0. The summed E-state index contributed by atoms with van der Waals surface area (Å²) in [6.45, 7) is -0.108. The fourth-order valence-electron chi connectivity index (χ4n) is 7.70. The number of nitrogens with zero attached hydrogens (tertiary/aromatic N) is 2. The van der Waals surface area contributed by atoms with E-state index >= 15 is 0 Å². The van der Waals surface area contributed by atoms with Gasteiger partial charge < -0.3 is 53.7 Å². The number of rotatable bonds is 12. The van der Waals surface area contributed by atoms with Gasteiger partial charge in [-0.15, -0.1) is 0 Å². The highest BCUT2D eigenvalue weighted by atomic mass is 16.2. The van der Waals surface area contributed by atoms with Gasteiger partial charge in [0.25, 0.3) is 0 Å². The predicted molar refractivity (Wildman–Crippen MR) is 246 cm³/mol. The summed E-state index contributed by atoms with van der Waals surface area (Å²) in [5, 5.41) is 15.1. The Morgan fingerprint density at radius 2 is 1.20 bits per heavy atom. The molecule has 2 heterocycles. The zero-order chi connectivity index (χ0) is 46.6. The van der Waals surface area contributed by atoms with E-state index < -0.39 is 60.2 Å². The van der Waals surface area contributed by atoms with Gasteiger partial charge in [0.1, 0.15) is 24.2 Å². The first-order valence-corrected chi connectivity index (χ1v) is 22.1. The van der Waals surface area contributed by atoms with Gasteiger partial charge in [0.05, 0.1) is 6.54 Å². The van der Waals surface area contributed by atoms with Crippen LogP contribution in [0.2, 0.25) is 0 Å². The summed E-state index contributed by atoms with van der Waals surface area (Å²) in [5.41, 5.74) is 19.8. The number of benzene rings is 3. The average Bonchev–Trinajstić information content (AvgIpc) is 3.69. The predicted octanol–water partition coefficient (Wildman–Crippen LogP) is 0.973. The van der Waals surface area contributed by atoms with Gasteiger partial charge in [-0.05, 0) is 54.9 Å². The SMILES string of the molecule is NC(=O)CN1CCCNC(=O)CCCCCC(=O)N[C@@H](Cc2ccccc2)C(=O)N[C@H](Cc2ccccc2)C(=O)N[C@@H](CCCN=C(N)N)C(=O)N[C@@H](Cc2c[nH]c3ccccc23)C1=O. The van der Waals surface area contributed by atoms with Gasteiger partial charge in [-0.2, -0.15) is 0 Å². The third-order valence-electron chi connectivity index (χ3n) is 11.0. The number of nitrogens with one attached hydrogen (secondary N) is 6. The fraction of sp³-hybridized carbons (Fsp3) is 0.404. The summed E-state index contributed by atoms with van der Waals surface area (Å²) in [6, 6.07) is 20.8. The number of primary amides is 1. The Bertz CT molecular complexity index is 2260. The number of nitrogens with two attached hydrogens (primary N) is 3. The molecule has 0 radical (unpaired) electrons. The van der Waals surface area contributed by atoms with Crippen LogP contribution >= 0.6 is 0 Å². The van der Waals surface area contributed by atoms with Crippen molar-refractivity contribution in [2.24, 2.45) is 22.2 Å². The lowest BCUT2D eigenvalue weighted by molar-refractivity contribution is -0.139. The van der Waals surface area contributed by atoms with Crippen molar-refractivity contribution in [3.8, 4) is 0 Å². The molecule has 1 fully saturated rings. The van der Waals surface area contributed by atoms with Crippen molar-refractivity contribution in [2.75, 3.05) is 26.2 Å². The number of hydrogen-bond acceptors (Lipinski definition) is 8. The van der Waals surface area contributed by atoms with E-state index in [4.69, 9.17) is 17.2 Å². The maximum absolute atomic E-state index is 14.6. The van der Waals surface area contributed by atoms with Crippen LogP contribution < -0.4 is 43.8 Å². The molecule has 0 spiro atoms. The minimum atomic E-state index is -1.27. The number of aromatic amines is 1. The average molecular weight is 892 g/mol. The second-order valence-corrected chi connectivity index (χ2v) is 16.2. The maximum atomic E-state index is 14.6. The molecule has 0 bridgehead atoms. The van der Waals surface area contributed by atoms with Crippen molar-refractivity contribution in [3.05, 3.63) is 108 Å². The van der Waals surface area contributed by atoms with E-state index in [9.17, 15) is 33.6 Å². The molecule has 12 N–H and O–H groups in total. The van der Waals surface area contributed by atoms with Crippen molar-refractivity contribution in [3.63, 3.8) is 0 Å². The minimum absolute atomic E-state index is 0.00351. The Morgan fingerprint density at radius 1 is 0.631 bits per heavy atom. The summed E-state index contributed by atoms with van der Waals surface area (Å²) >= 11 is 0. The van der Waals surface area contributed by atoms with Crippen molar-refractivity contribution in [1.29, 1.82) is 0 Å². The molecule has 5 rings (SSSR count). The Balaban J connectivity index is 1.51. The number of carbonyl (C=O) groups excluding carboxylic acids is 7. The molecule has 0 unspecified atom stereocenters. The van der Waals surface area contributed by atoms with Crippen LogP contribution in [0.3, 0.4) is 0 Å². The van der Waals surface area contributed by atoms with Crippen molar-refractivity contribution in [2.45, 2.75) is 94.8 Å². The molecule has 1 aliphatic heterocycles. The summed E-state index contributed by atoms with van der Waals surface area (Å²) in [4.78, 5) is 105. The number of guanidine groups is 1. The topological polar surface area (TPSA) is 289 Å². The van der Waals surface area contributed by atoms with E-state index in [0.29, 0.717) is 30.4 Å². The number of fused-ring (bicyclic) bond motifs is 1.